The van der Waals surface area contributed by atoms with E-state index in [0.29, 0.717) is 22.6 Å². The lowest BCUT2D eigenvalue weighted by atomic mass is 10.1. The molecule has 0 bridgehead atoms. The third kappa shape index (κ3) is 4.35. The number of benzene rings is 1. The van der Waals surface area contributed by atoms with Crippen LogP contribution in [0.1, 0.15) is 36.1 Å². The summed E-state index contributed by atoms with van der Waals surface area (Å²) >= 11 is 0. The van der Waals surface area contributed by atoms with Gasteiger partial charge in [-0.3, -0.25) is 9.20 Å². The summed E-state index contributed by atoms with van der Waals surface area (Å²) in [5.41, 5.74) is 7.41. The maximum Gasteiger partial charge on any atom is 0.416 e. The summed E-state index contributed by atoms with van der Waals surface area (Å²) < 4.78 is 40.5. The molecule has 0 saturated heterocycles. The van der Waals surface area contributed by atoms with Crippen LogP contribution in [0.2, 0.25) is 0 Å². The molecule has 1 amide bonds. The molecule has 0 radical (unpaired) electrons. The number of rotatable bonds is 5. The number of imidazole rings is 1. The van der Waals surface area contributed by atoms with Crippen molar-refractivity contribution in [3.8, 4) is 11.3 Å². The Morgan fingerprint density at radius 2 is 1.88 bits per heavy atom. The lowest BCUT2D eigenvalue weighted by Gasteiger charge is -2.09. The van der Waals surface area contributed by atoms with Crippen LogP contribution in [0.15, 0.2) is 55.0 Å². The Kier molecular flexibility index (Phi) is 5.73. The van der Waals surface area contributed by atoms with Crippen molar-refractivity contribution in [3.63, 3.8) is 0 Å². The van der Waals surface area contributed by atoms with Gasteiger partial charge >= 0.3 is 6.18 Å². The first-order valence-electron chi connectivity index (χ1n) is 9.93. The number of hydrogen-bond donors (Lipinski definition) is 3. The first-order valence-corrected chi connectivity index (χ1v) is 9.93. The molecule has 11 heteroatoms. The number of hydrogen-bond acceptors (Lipinski definition) is 6. The Morgan fingerprint density at radius 3 is 2.55 bits per heavy atom. The van der Waals surface area contributed by atoms with Crippen molar-refractivity contribution in [2.75, 3.05) is 18.1 Å². The second kappa shape index (κ2) is 8.51. The van der Waals surface area contributed by atoms with Gasteiger partial charge in [0.25, 0.3) is 5.91 Å². The largest absolute Gasteiger partial charge is 0.416 e. The Bertz CT molecular complexity index is 1320. The molecule has 172 valence electrons. The molecule has 3 heterocycles. The topological polar surface area (TPSA) is 110 Å². The maximum atomic E-state index is 12.9. The van der Waals surface area contributed by atoms with Crippen LogP contribution in [0.4, 0.5) is 24.8 Å². The fourth-order valence-corrected chi connectivity index (χ4v) is 3.37. The van der Waals surface area contributed by atoms with Gasteiger partial charge in [0.2, 0.25) is 0 Å². The quantitative estimate of drug-likeness (QED) is 0.415. The van der Waals surface area contributed by atoms with E-state index in [4.69, 9.17) is 10.7 Å². The van der Waals surface area contributed by atoms with Crippen LogP contribution >= 0.6 is 0 Å². The second-order valence-corrected chi connectivity index (χ2v) is 7.32. The van der Waals surface area contributed by atoms with E-state index in [0.717, 1.165) is 24.2 Å². The molecule has 1 aromatic carbocycles. The number of carbonyl (C=O) groups excluding carboxylic acids is 1. The summed E-state index contributed by atoms with van der Waals surface area (Å²) in [7, 11) is 1.82. The fourth-order valence-electron chi connectivity index (χ4n) is 3.37. The van der Waals surface area contributed by atoms with Gasteiger partial charge in [0.05, 0.1) is 11.6 Å². The van der Waals surface area contributed by atoms with E-state index in [1.54, 1.807) is 36.7 Å². The van der Waals surface area contributed by atoms with E-state index in [9.17, 15) is 18.0 Å². The number of nitrogen functional groups attached to an aromatic ring is 1. The van der Waals surface area contributed by atoms with Gasteiger partial charge in [-0.1, -0.05) is 12.1 Å². The smallest absolute Gasteiger partial charge is 0.382 e. The summed E-state index contributed by atoms with van der Waals surface area (Å²) in [6.07, 6.45) is -0.171. The Morgan fingerprint density at radius 1 is 1.15 bits per heavy atom. The Balaban J connectivity index is 0.00000324. The third-order valence-corrected chi connectivity index (χ3v) is 5.18. The van der Waals surface area contributed by atoms with Gasteiger partial charge in [0.1, 0.15) is 28.7 Å². The van der Waals surface area contributed by atoms with E-state index in [-0.39, 0.29) is 18.8 Å². The maximum absolute atomic E-state index is 12.9. The highest BCUT2D eigenvalue weighted by molar-refractivity contribution is 6.04. The predicted molar refractivity (Wildman–Crippen MR) is 120 cm³/mol. The first-order chi connectivity index (χ1) is 15.7. The predicted octanol–water partition coefficient (Wildman–Crippen LogP) is 4.17. The number of anilines is 2. The third-order valence-electron chi connectivity index (χ3n) is 5.18. The molecule has 0 unspecified atom stereocenters. The van der Waals surface area contributed by atoms with Crippen molar-refractivity contribution in [2.45, 2.75) is 19.1 Å². The number of amides is 1. The van der Waals surface area contributed by atoms with Gasteiger partial charge in [0.15, 0.2) is 0 Å². The molecule has 0 aliphatic heterocycles. The summed E-state index contributed by atoms with van der Waals surface area (Å²) in [5.74, 6) is 0.276. The summed E-state index contributed by atoms with van der Waals surface area (Å²) in [4.78, 5) is 25.2. The standard InChI is InChI=1S/C22H20F3N7O.H2/c1-12(27-2)20-31-17(18-19(26)29-9-10-32(18)20)13-3-5-14(6-4-13)21(33)30-16-11-15(7-8-28-16)22(23,24)25;/h3-12,27H,1-2H3,(H2,26,29)(H,28,30,33);1H/t12-;/m0./s1. The van der Waals surface area contributed by atoms with E-state index >= 15 is 0 Å². The molecule has 0 fully saturated rings. The number of nitrogens with zero attached hydrogens (tertiary/aromatic N) is 4. The number of carbonyl (C=O) groups is 1. The fraction of sp³-hybridized carbons (Fsp3) is 0.182. The minimum absolute atomic E-state index is 0. The summed E-state index contributed by atoms with van der Waals surface area (Å²) in [5, 5.41) is 5.53. The van der Waals surface area contributed by atoms with Gasteiger partial charge in [-0.2, -0.15) is 13.2 Å². The highest BCUT2D eigenvalue weighted by Gasteiger charge is 2.31. The molecule has 0 aliphatic rings. The molecule has 0 spiro atoms. The van der Waals surface area contributed by atoms with Crippen LogP contribution in [-0.4, -0.2) is 32.3 Å². The molecular weight excluding hydrogens is 435 g/mol. The lowest BCUT2D eigenvalue weighted by molar-refractivity contribution is -0.137. The molecule has 1 atom stereocenters. The highest BCUT2D eigenvalue weighted by atomic mass is 19.4. The number of nitrogens with one attached hydrogen (secondary N) is 2. The number of nitrogens with two attached hydrogens (primary N) is 1. The molecule has 4 aromatic rings. The minimum atomic E-state index is -4.53. The van der Waals surface area contributed by atoms with Crippen molar-refractivity contribution in [1.29, 1.82) is 0 Å². The zero-order valence-electron chi connectivity index (χ0n) is 17.7. The van der Waals surface area contributed by atoms with Gasteiger partial charge in [0, 0.05) is 31.1 Å². The van der Waals surface area contributed by atoms with Gasteiger partial charge in [-0.15, -0.1) is 0 Å². The molecule has 4 rings (SSSR count). The van der Waals surface area contributed by atoms with Crippen molar-refractivity contribution in [3.05, 3.63) is 71.9 Å². The molecule has 3 aromatic heterocycles. The van der Waals surface area contributed by atoms with Gasteiger partial charge < -0.3 is 16.4 Å². The van der Waals surface area contributed by atoms with Crippen LogP contribution < -0.4 is 16.4 Å². The number of fused-ring (bicyclic) bond motifs is 1. The number of alkyl halides is 3. The molecule has 4 N–H and O–H groups in total. The van der Waals surface area contributed by atoms with Crippen molar-refractivity contribution < 1.29 is 19.4 Å². The molecular formula is C22H22F3N7O. The second-order valence-electron chi connectivity index (χ2n) is 7.32. The van der Waals surface area contributed by atoms with E-state index < -0.39 is 17.6 Å². The zero-order valence-corrected chi connectivity index (χ0v) is 17.7. The lowest BCUT2D eigenvalue weighted by Crippen LogP contribution is -2.15. The van der Waals surface area contributed by atoms with Gasteiger partial charge in [-0.05, 0) is 38.2 Å². The van der Waals surface area contributed by atoms with Gasteiger partial charge in [-0.25, -0.2) is 15.0 Å². The molecule has 0 saturated carbocycles. The minimum Gasteiger partial charge on any atom is -0.382 e. The Hall–Kier alpha value is -3.99. The average molecular weight is 457 g/mol. The highest BCUT2D eigenvalue weighted by Crippen LogP contribution is 2.31. The monoisotopic (exact) mass is 457 g/mol. The SMILES string of the molecule is CN[C@@H](C)c1nc(-c2ccc(C(=O)Nc3cc(C(F)(F)F)ccn3)cc2)c2c(N)nccn12.[HH]. The average Bonchev–Trinajstić information content (AvgIpc) is 3.19. The van der Waals surface area contributed by atoms with Crippen molar-refractivity contribution in [2.24, 2.45) is 0 Å². The number of pyridine rings is 1. The zero-order chi connectivity index (χ0) is 23.8. The normalized spacial score (nSPS) is 12.6. The van der Waals surface area contributed by atoms with E-state index in [1.165, 1.54) is 0 Å². The summed E-state index contributed by atoms with van der Waals surface area (Å²) in [6, 6.07) is 8.05. The van der Waals surface area contributed by atoms with Crippen LogP contribution in [-0.2, 0) is 6.18 Å². The van der Waals surface area contributed by atoms with Crippen LogP contribution in [0.25, 0.3) is 16.8 Å². The first kappa shape index (κ1) is 22.2. The Labute approximate surface area is 188 Å². The van der Waals surface area contributed by atoms with Crippen molar-refractivity contribution in [1.82, 2.24) is 24.7 Å². The number of aromatic nitrogens is 4. The van der Waals surface area contributed by atoms with E-state index in [2.05, 4.69) is 20.6 Å². The molecule has 0 aliphatic carbocycles. The van der Waals surface area contributed by atoms with Crippen LogP contribution in [0.5, 0.6) is 0 Å². The van der Waals surface area contributed by atoms with Crippen LogP contribution in [0.3, 0.4) is 0 Å². The van der Waals surface area contributed by atoms with E-state index in [1.807, 2.05) is 18.4 Å². The van der Waals surface area contributed by atoms with Crippen molar-refractivity contribution >= 4 is 23.1 Å². The molecule has 8 nitrogen and oxygen atoms in total. The van der Waals surface area contributed by atoms with Crippen LogP contribution in [0, 0.1) is 0 Å². The summed E-state index contributed by atoms with van der Waals surface area (Å²) in [6.45, 7) is 1.96. The molecule has 33 heavy (non-hydrogen) atoms. The number of halogens is 3.